The molecule has 1 heterocycles. The zero-order valence-electron chi connectivity index (χ0n) is 11.3. The Morgan fingerprint density at radius 2 is 2.00 bits per heavy atom. The first-order valence-corrected chi connectivity index (χ1v) is 6.52. The Bertz CT molecular complexity index is 702. The van der Waals surface area contributed by atoms with Crippen LogP contribution in [0.15, 0.2) is 30.5 Å². The van der Waals surface area contributed by atoms with Crippen molar-refractivity contribution in [1.82, 2.24) is 4.98 Å². The first-order valence-electron chi connectivity index (χ1n) is 6.52. The molecule has 0 radical (unpaired) electrons. The van der Waals surface area contributed by atoms with Crippen molar-refractivity contribution in [1.29, 1.82) is 0 Å². The van der Waals surface area contributed by atoms with Crippen molar-refractivity contribution in [2.75, 3.05) is 5.32 Å². The highest BCUT2D eigenvalue weighted by Gasteiger charge is 2.65. The first kappa shape index (κ1) is 12.7. The Morgan fingerprint density at radius 3 is 2.65 bits per heavy atom. The lowest BCUT2D eigenvalue weighted by Gasteiger charge is -2.06. The van der Waals surface area contributed by atoms with Crippen molar-refractivity contribution in [2.24, 2.45) is 17.3 Å². The summed E-state index contributed by atoms with van der Waals surface area (Å²) in [5.41, 5.74) is 1.21. The van der Waals surface area contributed by atoms with Crippen LogP contribution in [0.3, 0.4) is 0 Å². The van der Waals surface area contributed by atoms with Gasteiger partial charge in [-0.3, -0.25) is 9.59 Å². The zero-order valence-corrected chi connectivity index (χ0v) is 11.3. The molecule has 1 aliphatic carbocycles. The molecule has 1 aromatic carbocycles. The predicted molar refractivity (Wildman–Crippen MR) is 75.3 cm³/mol. The summed E-state index contributed by atoms with van der Waals surface area (Å²) in [5, 5.41) is 12.9. The normalized spacial score (nSPS) is 23.5. The lowest BCUT2D eigenvalue weighted by atomic mass is 10.1. The van der Waals surface area contributed by atoms with Gasteiger partial charge in [0, 0.05) is 22.8 Å². The topological polar surface area (TPSA) is 82.2 Å². The molecule has 104 valence electrons. The fourth-order valence-corrected chi connectivity index (χ4v) is 2.94. The molecule has 1 fully saturated rings. The second-order valence-corrected chi connectivity index (χ2v) is 5.88. The molecule has 3 rings (SSSR count). The monoisotopic (exact) mass is 272 g/mol. The number of benzene rings is 1. The van der Waals surface area contributed by atoms with E-state index in [1.807, 2.05) is 44.3 Å². The number of fused-ring (bicyclic) bond motifs is 1. The molecule has 2 aromatic rings. The Hall–Kier alpha value is -2.30. The number of aromatic nitrogens is 1. The van der Waals surface area contributed by atoms with Gasteiger partial charge in [-0.1, -0.05) is 13.8 Å². The highest BCUT2D eigenvalue weighted by Crippen LogP contribution is 2.58. The van der Waals surface area contributed by atoms with Crippen LogP contribution in [0.2, 0.25) is 0 Å². The Kier molecular flexibility index (Phi) is 2.61. The van der Waals surface area contributed by atoms with Gasteiger partial charge in [0.1, 0.15) is 0 Å². The van der Waals surface area contributed by atoms with Gasteiger partial charge in [0.25, 0.3) is 0 Å². The Labute approximate surface area is 116 Å². The number of hydrogen-bond acceptors (Lipinski definition) is 2. The number of carbonyl (C=O) groups is 2. The number of rotatable bonds is 3. The first-order chi connectivity index (χ1) is 9.41. The van der Waals surface area contributed by atoms with Crippen molar-refractivity contribution in [3.63, 3.8) is 0 Å². The van der Waals surface area contributed by atoms with Crippen molar-refractivity contribution in [2.45, 2.75) is 13.8 Å². The highest BCUT2D eigenvalue weighted by atomic mass is 16.4. The van der Waals surface area contributed by atoms with Gasteiger partial charge in [-0.2, -0.15) is 0 Å². The minimum Gasteiger partial charge on any atom is -0.481 e. The summed E-state index contributed by atoms with van der Waals surface area (Å²) >= 11 is 0. The molecule has 0 saturated heterocycles. The molecule has 0 aliphatic heterocycles. The van der Waals surface area contributed by atoms with Gasteiger partial charge in [-0.15, -0.1) is 0 Å². The predicted octanol–water partition coefficient (Wildman–Crippen LogP) is 2.46. The third-order valence-corrected chi connectivity index (χ3v) is 4.20. The maximum absolute atomic E-state index is 12.2. The molecule has 5 heteroatoms. The summed E-state index contributed by atoms with van der Waals surface area (Å²) in [5.74, 6) is -2.20. The molecule has 1 saturated carbocycles. The fourth-order valence-electron chi connectivity index (χ4n) is 2.94. The zero-order chi connectivity index (χ0) is 14.5. The van der Waals surface area contributed by atoms with E-state index in [9.17, 15) is 9.59 Å². The molecule has 0 spiro atoms. The highest BCUT2D eigenvalue weighted by molar-refractivity contribution is 6.00. The number of nitrogens with one attached hydrogen (secondary N) is 2. The van der Waals surface area contributed by atoms with Crippen LogP contribution < -0.4 is 5.32 Å². The van der Waals surface area contributed by atoms with Crippen LogP contribution in [-0.2, 0) is 9.59 Å². The van der Waals surface area contributed by atoms with E-state index < -0.39 is 23.2 Å². The van der Waals surface area contributed by atoms with Crippen LogP contribution in [0, 0.1) is 17.3 Å². The van der Waals surface area contributed by atoms with Gasteiger partial charge < -0.3 is 15.4 Å². The van der Waals surface area contributed by atoms with Gasteiger partial charge in [-0.05, 0) is 29.7 Å². The number of anilines is 1. The van der Waals surface area contributed by atoms with E-state index >= 15 is 0 Å². The second kappa shape index (κ2) is 4.10. The van der Waals surface area contributed by atoms with Crippen LogP contribution in [0.4, 0.5) is 5.69 Å². The van der Waals surface area contributed by atoms with E-state index in [-0.39, 0.29) is 5.91 Å². The SMILES string of the molecule is CC1(C)[C@@H](C(=O)O)[C@@H]1C(=O)Nc1ccc2[nH]ccc2c1. The standard InChI is InChI=1S/C15H16N2O3/c1-15(2)11(12(15)14(19)20)13(18)17-9-3-4-10-8(7-9)5-6-16-10/h3-7,11-12,16H,1-2H3,(H,17,18)(H,19,20)/t11-,12-/m1/s1. The van der Waals surface area contributed by atoms with E-state index in [0.29, 0.717) is 5.69 Å². The summed E-state index contributed by atoms with van der Waals surface area (Å²) in [7, 11) is 0. The van der Waals surface area contributed by atoms with E-state index in [4.69, 9.17) is 5.11 Å². The van der Waals surface area contributed by atoms with Crippen molar-refractivity contribution >= 4 is 28.5 Å². The molecular formula is C15H16N2O3. The number of carboxylic acid groups (broad SMARTS) is 1. The van der Waals surface area contributed by atoms with Gasteiger partial charge in [0.05, 0.1) is 11.8 Å². The van der Waals surface area contributed by atoms with Crippen molar-refractivity contribution in [3.05, 3.63) is 30.5 Å². The van der Waals surface area contributed by atoms with E-state index in [2.05, 4.69) is 10.3 Å². The van der Waals surface area contributed by atoms with E-state index in [1.165, 1.54) is 0 Å². The quantitative estimate of drug-likeness (QED) is 0.802. The summed E-state index contributed by atoms with van der Waals surface area (Å²) < 4.78 is 0. The summed E-state index contributed by atoms with van der Waals surface area (Å²) in [4.78, 5) is 26.4. The number of hydrogen-bond donors (Lipinski definition) is 3. The number of aliphatic carboxylic acids is 1. The number of amides is 1. The molecule has 5 nitrogen and oxygen atoms in total. The Balaban J connectivity index is 1.78. The van der Waals surface area contributed by atoms with Crippen LogP contribution in [0.5, 0.6) is 0 Å². The van der Waals surface area contributed by atoms with Crippen LogP contribution in [-0.4, -0.2) is 22.0 Å². The molecule has 0 bridgehead atoms. The van der Waals surface area contributed by atoms with Gasteiger partial charge in [0.2, 0.25) is 5.91 Å². The number of aromatic amines is 1. The maximum Gasteiger partial charge on any atom is 0.307 e. The van der Waals surface area contributed by atoms with E-state index in [0.717, 1.165) is 10.9 Å². The fraction of sp³-hybridized carbons (Fsp3) is 0.333. The molecule has 20 heavy (non-hydrogen) atoms. The average Bonchev–Trinajstić information content (AvgIpc) is 2.73. The molecule has 3 N–H and O–H groups in total. The van der Waals surface area contributed by atoms with Crippen LogP contribution in [0.25, 0.3) is 10.9 Å². The minimum absolute atomic E-state index is 0.225. The smallest absolute Gasteiger partial charge is 0.307 e. The largest absolute Gasteiger partial charge is 0.481 e. The average molecular weight is 272 g/mol. The van der Waals surface area contributed by atoms with Crippen LogP contribution in [0.1, 0.15) is 13.8 Å². The summed E-state index contributed by atoms with van der Waals surface area (Å²) in [6, 6.07) is 7.49. The third-order valence-electron chi connectivity index (χ3n) is 4.20. The van der Waals surface area contributed by atoms with E-state index in [1.54, 1.807) is 0 Å². The second-order valence-electron chi connectivity index (χ2n) is 5.88. The van der Waals surface area contributed by atoms with Gasteiger partial charge in [-0.25, -0.2) is 0 Å². The lowest BCUT2D eigenvalue weighted by molar-refractivity contribution is -0.140. The molecule has 1 aliphatic rings. The van der Waals surface area contributed by atoms with Gasteiger partial charge in [0.15, 0.2) is 0 Å². The third kappa shape index (κ3) is 1.86. The minimum atomic E-state index is -0.906. The van der Waals surface area contributed by atoms with Crippen molar-refractivity contribution < 1.29 is 14.7 Å². The number of carboxylic acids is 1. The summed E-state index contributed by atoms with van der Waals surface area (Å²) in [6.45, 7) is 3.62. The molecule has 0 unspecified atom stereocenters. The lowest BCUT2D eigenvalue weighted by Crippen LogP contribution is -2.17. The molecule has 2 atom stereocenters. The number of H-pyrrole nitrogens is 1. The van der Waals surface area contributed by atoms with Crippen LogP contribution >= 0.6 is 0 Å². The van der Waals surface area contributed by atoms with Gasteiger partial charge >= 0.3 is 5.97 Å². The summed E-state index contributed by atoms with van der Waals surface area (Å²) in [6.07, 6.45) is 1.83. The maximum atomic E-state index is 12.2. The molecule has 1 amide bonds. The molecular weight excluding hydrogens is 256 g/mol. The molecule has 1 aromatic heterocycles. The number of carbonyl (C=O) groups excluding carboxylic acids is 1. The van der Waals surface area contributed by atoms with Crippen molar-refractivity contribution in [3.8, 4) is 0 Å². The Morgan fingerprint density at radius 1 is 1.25 bits per heavy atom.